The van der Waals surface area contributed by atoms with Gasteiger partial charge in [-0.2, -0.15) is 0 Å². The molecule has 0 radical (unpaired) electrons. The summed E-state index contributed by atoms with van der Waals surface area (Å²) in [6.45, 7) is 3.56. The highest BCUT2D eigenvalue weighted by Gasteiger charge is 2.15. The summed E-state index contributed by atoms with van der Waals surface area (Å²) in [5, 5.41) is 10.5. The monoisotopic (exact) mass is 197 g/mol. The van der Waals surface area contributed by atoms with Gasteiger partial charge in [-0.15, -0.1) is 17.9 Å². The number of thiophene rings is 1. The first-order valence-corrected chi connectivity index (χ1v) is 4.72. The fourth-order valence-corrected chi connectivity index (χ4v) is 1.90. The van der Waals surface area contributed by atoms with Crippen LogP contribution in [0.3, 0.4) is 0 Å². The summed E-state index contributed by atoms with van der Waals surface area (Å²) in [6, 6.07) is 1.50. The summed E-state index contributed by atoms with van der Waals surface area (Å²) in [5.74, 6) is -0.912. The Bertz CT molecular complexity index is 319. The van der Waals surface area contributed by atoms with Crippen molar-refractivity contribution in [2.75, 3.05) is 0 Å². The normalized spacial score (nSPS) is 12.4. The quantitative estimate of drug-likeness (QED) is 0.726. The molecule has 0 fully saturated rings. The fourth-order valence-electron chi connectivity index (χ4n) is 1.09. The van der Waals surface area contributed by atoms with Gasteiger partial charge in [-0.25, -0.2) is 4.79 Å². The summed E-state index contributed by atoms with van der Waals surface area (Å²) in [7, 11) is 0. The lowest BCUT2D eigenvalue weighted by molar-refractivity contribution is 0.0700. The number of hydrogen-bond donors (Lipinski definition) is 2. The Morgan fingerprint density at radius 1 is 1.85 bits per heavy atom. The van der Waals surface area contributed by atoms with E-state index in [9.17, 15) is 4.79 Å². The lowest BCUT2D eigenvalue weighted by Crippen LogP contribution is -2.11. The molecule has 13 heavy (non-hydrogen) atoms. The Kier molecular flexibility index (Phi) is 3.22. The molecule has 0 amide bonds. The van der Waals surface area contributed by atoms with Crippen LogP contribution in [0.2, 0.25) is 0 Å². The summed E-state index contributed by atoms with van der Waals surface area (Å²) in [6.07, 6.45) is 2.28. The maximum atomic E-state index is 10.7. The van der Waals surface area contributed by atoms with E-state index in [1.54, 1.807) is 17.5 Å². The third kappa shape index (κ3) is 2.17. The third-order valence-corrected chi connectivity index (χ3v) is 2.63. The molecule has 0 aromatic carbocycles. The second-order valence-electron chi connectivity index (χ2n) is 2.64. The van der Waals surface area contributed by atoms with Crippen LogP contribution in [0.15, 0.2) is 24.1 Å². The van der Waals surface area contributed by atoms with E-state index in [1.165, 1.54) is 11.3 Å². The van der Waals surface area contributed by atoms with Gasteiger partial charge in [-0.1, -0.05) is 6.08 Å². The van der Waals surface area contributed by atoms with E-state index >= 15 is 0 Å². The zero-order valence-electron chi connectivity index (χ0n) is 7.06. The predicted molar refractivity (Wildman–Crippen MR) is 53.0 cm³/mol. The number of carboxylic acids is 1. The standard InChI is InChI=1S/C9H11NO2S/c1-2-3-7(10)6-4-5-13-8(6)9(11)12/h2,4-5,7H,1,3,10H2,(H,11,12). The smallest absolute Gasteiger partial charge is 0.346 e. The number of aromatic carboxylic acids is 1. The van der Waals surface area contributed by atoms with E-state index in [-0.39, 0.29) is 6.04 Å². The fraction of sp³-hybridized carbons (Fsp3) is 0.222. The Balaban J connectivity index is 2.92. The molecule has 0 aliphatic heterocycles. The summed E-state index contributed by atoms with van der Waals surface area (Å²) < 4.78 is 0. The van der Waals surface area contributed by atoms with Gasteiger partial charge in [0.25, 0.3) is 0 Å². The van der Waals surface area contributed by atoms with E-state index in [2.05, 4.69) is 6.58 Å². The van der Waals surface area contributed by atoms with Gasteiger partial charge in [0.15, 0.2) is 0 Å². The van der Waals surface area contributed by atoms with Crippen LogP contribution in [-0.4, -0.2) is 11.1 Å². The highest BCUT2D eigenvalue weighted by molar-refractivity contribution is 7.12. The highest BCUT2D eigenvalue weighted by atomic mass is 32.1. The molecule has 4 heteroatoms. The van der Waals surface area contributed by atoms with Crippen LogP contribution in [0.25, 0.3) is 0 Å². The zero-order valence-corrected chi connectivity index (χ0v) is 7.88. The van der Waals surface area contributed by atoms with E-state index in [0.717, 1.165) is 0 Å². The van der Waals surface area contributed by atoms with E-state index < -0.39 is 5.97 Å². The number of rotatable bonds is 4. The largest absolute Gasteiger partial charge is 0.477 e. The molecule has 0 spiro atoms. The molecule has 0 saturated heterocycles. The summed E-state index contributed by atoms with van der Waals surface area (Å²) in [4.78, 5) is 11.0. The minimum absolute atomic E-state index is 0.255. The average molecular weight is 197 g/mol. The van der Waals surface area contributed by atoms with E-state index in [0.29, 0.717) is 16.9 Å². The first-order chi connectivity index (χ1) is 6.16. The van der Waals surface area contributed by atoms with Crippen molar-refractivity contribution in [1.29, 1.82) is 0 Å². The maximum Gasteiger partial charge on any atom is 0.346 e. The molecular weight excluding hydrogens is 186 g/mol. The van der Waals surface area contributed by atoms with Crippen molar-refractivity contribution in [3.8, 4) is 0 Å². The lowest BCUT2D eigenvalue weighted by atomic mass is 10.1. The van der Waals surface area contributed by atoms with Crippen molar-refractivity contribution < 1.29 is 9.90 Å². The van der Waals surface area contributed by atoms with Crippen LogP contribution in [-0.2, 0) is 0 Å². The first kappa shape index (κ1) is 9.95. The van der Waals surface area contributed by atoms with Crippen molar-refractivity contribution in [1.82, 2.24) is 0 Å². The third-order valence-electron chi connectivity index (χ3n) is 1.71. The topological polar surface area (TPSA) is 63.3 Å². The number of carbonyl (C=O) groups is 1. The van der Waals surface area contributed by atoms with Gasteiger partial charge in [0.05, 0.1) is 0 Å². The lowest BCUT2D eigenvalue weighted by Gasteiger charge is -2.07. The zero-order chi connectivity index (χ0) is 9.84. The van der Waals surface area contributed by atoms with Gasteiger partial charge in [0.2, 0.25) is 0 Å². The molecule has 70 valence electrons. The minimum atomic E-state index is -0.912. The SMILES string of the molecule is C=CCC(N)c1ccsc1C(=O)O. The molecule has 0 aliphatic rings. The van der Waals surface area contributed by atoms with Crippen molar-refractivity contribution in [2.45, 2.75) is 12.5 Å². The van der Waals surface area contributed by atoms with Gasteiger partial charge in [0.1, 0.15) is 4.88 Å². The van der Waals surface area contributed by atoms with Crippen LogP contribution in [0.5, 0.6) is 0 Å². The summed E-state index contributed by atoms with van der Waals surface area (Å²) in [5.41, 5.74) is 6.45. The number of carboxylic acid groups (broad SMARTS) is 1. The Hall–Kier alpha value is -1.13. The maximum absolute atomic E-state index is 10.7. The van der Waals surface area contributed by atoms with Crippen molar-refractivity contribution in [3.05, 3.63) is 34.5 Å². The second-order valence-corrected chi connectivity index (χ2v) is 3.56. The van der Waals surface area contributed by atoms with Crippen molar-refractivity contribution in [2.24, 2.45) is 5.73 Å². The number of nitrogens with two attached hydrogens (primary N) is 1. The molecule has 1 aromatic rings. The van der Waals surface area contributed by atoms with Gasteiger partial charge in [-0.3, -0.25) is 0 Å². The van der Waals surface area contributed by atoms with Gasteiger partial charge >= 0.3 is 5.97 Å². The molecule has 0 saturated carbocycles. The first-order valence-electron chi connectivity index (χ1n) is 3.84. The molecule has 3 nitrogen and oxygen atoms in total. The second kappa shape index (κ2) is 4.20. The molecule has 0 bridgehead atoms. The van der Waals surface area contributed by atoms with Crippen LogP contribution in [0.4, 0.5) is 0 Å². The molecule has 0 aliphatic carbocycles. The van der Waals surface area contributed by atoms with E-state index in [4.69, 9.17) is 10.8 Å². The molecule has 1 aromatic heterocycles. The van der Waals surface area contributed by atoms with E-state index in [1.807, 2.05) is 0 Å². The summed E-state index contributed by atoms with van der Waals surface area (Å²) >= 11 is 1.20. The minimum Gasteiger partial charge on any atom is -0.477 e. The molecule has 1 unspecified atom stereocenters. The van der Waals surface area contributed by atoms with Crippen LogP contribution >= 0.6 is 11.3 Å². The Morgan fingerprint density at radius 2 is 2.54 bits per heavy atom. The van der Waals surface area contributed by atoms with Crippen LogP contribution in [0.1, 0.15) is 27.7 Å². The van der Waals surface area contributed by atoms with Crippen molar-refractivity contribution in [3.63, 3.8) is 0 Å². The predicted octanol–water partition coefficient (Wildman–Crippen LogP) is 2.02. The van der Waals surface area contributed by atoms with Gasteiger partial charge in [0, 0.05) is 6.04 Å². The molecule has 3 N–H and O–H groups in total. The van der Waals surface area contributed by atoms with Crippen LogP contribution in [0, 0.1) is 0 Å². The molecular formula is C9H11NO2S. The van der Waals surface area contributed by atoms with Gasteiger partial charge in [-0.05, 0) is 23.4 Å². The molecule has 1 atom stereocenters. The Morgan fingerprint density at radius 3 is 3.08 bits per heavy atom. The Labute approximate surface area is 80.5 Å². The molecule has 1 heterocycles. The van der Waals surface area contributed by atoms with Crippen molar-refractivity contribution >= 4 is 17.3 Å². The molecule has 1 rings (SSSR count). The average Bonchev–Trinajstić information content (AvgIpc) is 2.52. The van der Waals surface area contributed by atoms with Crippen LogP contribution < -0.4 is 5.73 Å². The van der Waals surface area contributed by atoms with Gasteiger partial charge < -0.3 is 10.8 Å². The highest BCUT2D eigenvalue weighted by Crippen LogP contribution is 2.24. The number of hydrogen-bond acceptors (Lipinski definition) is 3.